The van der Waals surface area contributed by atoms with E-state index in [0.717, 1.165) is 42.5 Å². The van der Waals surface area contributed by atoms with Crippen LogP contribution in [-0.2, 0) is 0 Å². The molecule has 2 aromatic rings. The lowest BCUT2D eigenvalue weighted by Gasteiger charge is -2.40. The number of rotatable bonds is 2. The number of fused-ring (bicyclic) bond motifs is 1. The minimum Gasteiger partial charge on any atom is -0.365 e. The van der Waals surface area contributed by atoms with E-state index in [-0.39, 0.29) is 0 Å². The van der Waals surface area contributed by atoms with Gasteiger partial charge in [-0.15, -0.1) is 0 Å². The lowest BCUT2D eigenvalue weighted by molar-refractivity contribution is 0.389. The molecule has 3 heterocycles. The molecule has 24 heavy (non-hydrogen) atoms. The molecule has 2 atom stereocenters. The molecule has 0 spiro atoms. The number of piperidine rings is 1. The first-order valence-corrected chi connectivity index (χ1v) is 8.56. The normalized spacial score (nSPS) is 23.0. The topological polar surface area (TPSA) is 56.1 Å². The number of aromatic nitrogens is 2. The van der Waals surface area contributed by atoms with Gasteiger partial charge in [0.25, 0.3) is 0 Å². The lowest BCUT2D eigenvalue weighted by Crippen LogP contribution is -2.48. The van der Waals surface area contributed by atoms with Crippen LogP contribution in [0.3, 0.4) is 0 Å². The van der Waals surface area contributed by atoms with Gasteiger partial charge in [0, 0.05) is 31.9 Å². The van der Waals surface area contributed by atoms with Gasteiger partial charge in [0.05, 0.1) is 11.3 Å². The van der Waals surface area contributed by atoms with Gasteiger partial charge < -0.3 is 9.80 Å². The molecule has 0 radical (unpaired) electrons. The summed E-state index contributed by atoms with van der Waals surface area (Å²) in [5.74, 6) is 2.53. The van der Waals surface area contributed by atoms with Crippen LogP contribution < -0.4 is 9.80 Å². The molecule has 2 aliphatic rings. The number of para-hydroxylation sites is 1. The molecule has 2 unspecified atom stereocenters. The highest BCUT2D eigenvalue weighted by Gasteiger charge is 2.39. The van der Waals surface area contributed by atoms with E-state index in [4.69, 9.17) is 0 Å². The molecule has 0 amide bonds. The predicted octanol–water partition coefficient (Wildman–Crippen LogP) is 2.76. The van der Waals surface area contributed by atoms with Gasteiger partial charge in [0.15, 0.2) is 0 Å². The number of anilines is 2. The maximum absolute atomic E-state index is 9.43. The molecule has 0 N–H and O–H groups in total. The SMILES string of the molecule is Cc1nccc(N2CCC3CCN(c4ccccc4C#N)C3C2)n1. The molecule has 122 valence electrons. The Morgan fingerprint density at radius 3 is 2.83 bits per heavy atom. The van der Waals surface area contributed by atoms with E-state index in [1.54, 1.807) is 0 Å². The molecule has 5 heteroatoms. The summed E-state index contributed by atoms with van der Waals surface area (Å²) in [6.07, 6.45) is 4.22. The second-order valence-electron chi connectivity index (χ2n) is 6.64. The van der Waals surface area contributed by atoms with Gasteiger partial charge in [-0.2, -0.15) is 5.26 Å². The van der Waals surface area contributed by atoms with Crippen molar-refractivity contribution in [3.05, 3.63) is 47.9 Å². The van der Waals surface area contributed by atoms with Crippen molar-refractivity contribution in [1.29, 1.82) is 5.26 Å². The van der Waals surface area contributed by atoms with Crippen LogP contribution in [0.25, 0.3) is 0 Å². The maximum Gasteiger partial charge on any atom is 0.132 e. The van der Waals surface area contributed by atoms with E-state index in [9.17, 15) is 5.26 Å². The first kappa shape index (κ1) is 14.9. The van der Waals surface area contributed by atoms with Crippen molar-refractivity contribution < 1.29 is 0 Å². The van der Waals surface area contributed by atoms with Gasteiger partial charge in [-0.05, 0) is 43.9 Å². The number of benzene rings is 1. The summed E-state index contributed by atoms with van der Waals surface area (Å²) in [5.41, 5.74) is 1.85. The summed E-state index contributed by atoms with van der Waals surface area (Å²) < 4.78 is 0. The summed E-state index contributed by atoms with van der Waals surface area (Å²) in [6.45, 7) is 4.97. The van der Waals surface area contributed by atoms with Crippen molar-refractivity contribution in [1.82, 2.24) is 9.97 Å². The van der Waals surface area contributed by atoms with Crippen molar-refractivity contribution in [3.8, 4) is 6.07 Å². The zero-order valence-corrected chi connectivity index (χ0v) is 13.9. The average molecular weight is 319 g/mol. The number of hydrogen-bond acceptors (Lipinski definition) is 5. The molecule has 0 bridgehead atoms. The molecule has 4 rings (SSSR count). The Bertz CT molecular complexity index is 781. The molecule has 2 aliphatic heterocycles. The van der Waals surface area contributed by atoms with Crippen LogP contribution in [0.4, 0.5) is 11.5 Å². The third kappa shape index (κ3) is 2.58. The van der Waals surface area contributed by atoms with Crippen LogP contribution in [0.5, 0.6) is 0 Å². The summed E-state index contributed by atoms with van der Waals surface area (Å²) >= 11 is 0. The van der Waals surface area contributed by atoms with E-state index in [1.807, 2.05) is 37.4 Å². The Balaban J connectivity index is 1.61. The smallest absolute Gasteiger partial charge is 0.132 e. The van der Waals surface area contributed by atoms with Gasteiger partial charge in [-0.25, -0.2) is 9.97 Å². The van der Waals surface area contributed by atoms with E-state index in [0.29, 0.717) is 12.0 Å². The second-order valence-corrected chi connectivity index (χ2v) is 6.64. The zero-order chi connectivity index (χ0) is 16.5. The highest BCUT2D eigenvalue weighted by atomic mass is 15.3. The summed E-state index contributed by atoms with van der Waals surface area (Å²) in [6, 6.07) is 12.7. The number of nitriles is 1. The van der Waals surface area contributed by atoms with Gasteiger partial charge >= 0.3 is 0 Å². The summed E-state index contributed by atoms with van der Waals surface area (Å²) in [5, 5.41) is 9.43. The Labute approximate surface area is 142 Å². The third-order valence-electron chi connectivity index (χ3n) is 5.28. The van der Waals surface area contributed by atoms with Crippen LogP contribution >= 0.6 is 0 Å². The van der Waals surface area contributed by atoms with Gasteiger partial charge in [-0.1, -0.05) is 12.1 Å². The molecule has 0 aliphatic carbocycles. The minimum atomic E-state index is 0.448. The molecule has 1 aromatic carbocycles. The fourth-order valence-corrected chi connectivity index (χ4v) is 4.09. The Kier molecular flexibility index (Phi) is 3.81. The Morgan fingerprint density at radius 1 is 1.17 bits per heavy atom. The standard InChI is InChI=1S/C19H21N5/c1-14-21-9-6-19(22-14)23-10-7-15-8-11-24(18(15)13-23)17-5-3-2-4-16(17)12-20/h2-6,9,15,18H,7-8,10-11,13H2,1H3. The van der Waals surface area contributed by atoms with Crippen molar-refractivity contribution in [2.24, 2.45) is 5.92 Å². The van der Waals surface area contributed by atoms with Crippen molar-refractivity contribution in [3.63, 3.8) is 0 Å². The molecule has 2 fully saturated rings. The van der Waals surface area contributed by atoms with Crippen LogP contribution in [0.15, 0.2) is 36.5 Å². The Hall–Kier alpha value is -2.61. The van der Waals surface area contributed by atoms with E-state index in [1.165, 1.54) is 12.8 Å². The lowest BCUT2D eigenvalue weighted by atomic mass is 9.92. The first-order valence-electron chi connectivity index (χ1n) is 8.56. The number of hydrogen-bond donors (Lipinski definition) is 0. The van der Waals surface area contributed by atoms with Crippen LogP contribution in [0.2, 0.25) is 0 Å². The predicted molar refractivity (Wildman–Crippen MR) is 94.0 cm³/mol. The highest BCUT2D eigenvalue weighted by Crippen LogP contribution is 2.37. The summed E-state index contributed by atoms with van der Waals surface area (Å²) in [4.78, 5) is 13.6. The van der Waals surface area contributed by atoms with Gasteiger partial charge in [-0.3, -0.25) is 0 Å². The molecule has 5 nitrogen and oxygen atoms in total. The number of nitrogens with zero attached hydrogens (tertiary/aromatic N) is 5. The van der Waals surface area contributed by atoms with E-state index in [2.05, 4.69) is 31.9 Å². The first-order chi connectivity index (χ1) is 11.8. The quantitative estimate of drug-likeness (QED) is 0.852. The zero-order valence-electron chi connectivity index (χ0n) is 13.9. The maximum atomic E-state index is 9.43. The van der Waals surface area contributed by atoms with Crippen LogP contribution in [0.1, 0.15) is 24.2 Å². The fraction of sp³-hybridized carbons (Fsp3) is 0.421. The van der Waals surface area contributed by atoms with Crippen molar-refractivity contribution in [2.75, 3.05) is 29.4 Å². The van der Waals surface area contributed by atoms with E-state index < -0.39 is 0 Å². The van der Waals surface area contributed by atoms with Crippen molar-refractivity contribution >= 4 is 11.5 Å². The molecular weight excluding hydrogens is 298 g/mol. The second kappa shape index (κ2) is 6.12. The minimum absolute atomic E-state index is 0.448. The van der Waals surface area contributed by atoms with Crippen molar-refractivity contribution in [2.45, 2.75) is 25.8 Å². The highest BCUT2D eigenvalue weighted by molar-refractivity contribution is 5.61. The Morgan fingerprint density at radius 2 is 2.00 bits per heavy atom. The molecular formula is C19H21N5. The fourth-order valence-electron chi connectivity index (χ4n) is 4.09. The largest absolute Gasteiger partial charge is 0.365 e. The van der Waals surface area contributed by atoms with E-state index >= 15 is 0 Å². The average Bonchev–Trinajstić information content (AvgIpc) is 3.04. The third-order valence-corrected chi connectivity index (χ3v) is 5.28. The molecule has 2 saturated heterocycles. The van der Waals surface area contributed by atoms with Gasteiger partial charge in [0.1, 0.15) is 17.7 Å². The van der Waals surface area contributed by atoms with Gasteiger partial charge in [0.2, 0.25) is 0 Å². The number of aryl methyl sites for hydroxylation is 1. The van der Waals surface area contributed by atoms with Crippen LogP contribution in [-0.4, -0.2) is 35.6 Å². The molecule has 1 aromatic heterocycles. The summed E-state index contributed by atoms with van der Waals surface area (Å²) in [7, 11) is 0. The monoisotopic (exact) mass is 319 g/mol. The van der Waals surface area contributed by atoms with Crippen LogP contribution in [0, 0.1) is 24.2 Å². The molecule has 0 saturated carbocycles.